The van der Waals surface area contributed by atoms with Crippen molar-refractivity contribution in [2.45, 2.75) is 17.8 Å². The Labute approximate surface area is 158 Å². The van der Waals surface area contributed by atoms with E-state index in [0.29, 0.717) is 11.1 Å². The van der Waals surface area contributed by atoms with Crippen molar-refractivity contribution in [1.82, 2.24) is 14.9 Å². The quantitative estimate of drug-likeness (QED) is 0.276. The third-order valence-corrected chi connectivity index (χ3v) is 4.94. The van der Waals surface area contributed by atoms with Gasteiger partial charge in [-0.3, -0.25) is 0 Å². The van der Waals surface area contributed by atoms with E-state index < -0.39 is 0 Å². The summed E-state index contributed by atoms with van der Waals surface area (Å²) in [6, 6.07) is 16.2. The van der Waals surface area contributed by atoms with Gasteiger partial charge in [-0.25, -0.2) is 10.1 Å². The molecule has 3 aromatic rings. The Morgan fingerprint density at radius 3 is 2.60 bits per heavy atom. The molecule has 1 aromatic heterocycles. The molecule has 3 rings (SSSR count). The monoisotopic (exact) mass is 416 g/mol. The number of nitrogens with two attached hydrogens (primary N) is 1. The summed E-state index contributed by atoms with van der Waals surface area (Å²) in [4.78, 5) is 0. The van der Waals surface area contributed by atoms with Gasteiger partial charge in [0.2, 0.25) is 5.16 Å². The summed E-state index contributed by atoms with van der Waals surface area (Å²) < 4.78 is 2.42. The zero-order chi connectivity index (χ0) is 17.6. The molecule has 2 aromatic carbocycles. The first kappa shape index (κ1) is 17.5. The van der Waals surface area contributed by atoms with Gasteiger partial charge in [0.25, 0.3) is 5.95 Å². The minimum Gasteiger partial charge on any atom is -0.334 e. The smallest absolute Gasteiger partial charge is 0.264 e. The summed E-state index contributed by atoms with van der Waals surface area (Å²) >= 11 is 4.92. The van der Waals surface area contributed by atoms with Crippen molar-refractivity contribution < 1.29 is 0 Å². The number of nitrogen functional groups attached to an aromatic ring is 1. The highest BCUT2D eigenvalue weighted by Gasteiger charge is 2.09. The minimum atomic E-state index is 0.389. The van der Waals surface area contributed by atoms with Crippen LogP contribution in [0.1, 0.15) is 16.7 Å². The molecule has 0 saturated heterocycles. The average molecular weight is 417 g/mol. The summed E-state index contributed by atoms with van der Waals surface area (Å²) in [5, 5.41) is 12.9. The molecule has 25 heavy (non-hydrogen) atoms. The maximum Gasteiger partial charge on any atom is 0.264 e. The standard InChI is InChI=1S/C17H17BrN6S/c1-12-2-4-14(5-3-12)11-25-17-23-22-16(24(17)19)21-20-10-13-6-8-15(18)9-7-13/h2-10H,11,19H2,1H3,(H,21,22)/b20-10+. The van der Waals surface area contributed by atoms with Gasteiger partial charge < -0.3 is 5.84 Å². The Hall–Kier alpha value is -2.32. The average Bonchev–Trinajstić information content (AvgIpc) is 2.96. The first-order valence-corrected chi connectivity index (χ1v) is 9.33. The molecule has 0 aliphatic rings. The number of hydrogen-bond acceptors (Lipinski definition) is 6. The molecule has 3 N–H and O–H groups in total. The largest absolute Gasteiger partial charge is 0.334 e. The third kappa shape index (κ3) is 4.83. The zero-order valence-corrected chi connectivity index (χ0v) is 16.0. The lowest BCUT2D eigenvalue weighted by Gasteiger charge is -2.03. The van der Waals surface area contributed by atoms with Crippen LogP contribution in [0.4, 0.5) is 5.95 Å². The number of nitrogens with zero attached hydrogens (tertiary/aromatic N) is 4. The van der Waals surface area contributed by atoms with Crippen LogP contribution in [0, 0.1) is 6.92 Å². The zero-order valence-electron chi connectivity index (χ0n) is 13.6. The van der Waals surface area contributed by atoms with E-state index in [1.165, 1.54) is 27.6 Å². The Kier molecular flexibility index (Phi) is 5.72. The van der Waals surface area contributed by atoms with Crippen LogP contribution < -0.4 is 11.3 Å². The van der Waals surface area contributed by atoms with Gasteiger partial charge >= 0.3 is 0 Å². The fourth-order valence-electron chi connectivity index (χ4n) is 2.00. The predicted octanol–water partition coefficient (Wildman–Crippen LogP) is 3.80. The number of benzene rings is 2. The van der Waals surface area contributed by atoms with Crippen LogP contribution in [0.15, 0.2) is 63.3 Å². The molecule has 0 aliphatic heterocycles. The summed E-state index contributed by atoms with van der Waals surface area (Å²) in [6.45, 7) is 2.07. The molecule has 1 heterocycles. The summed E-state index contributed by atoms with van der Waals surface area (Å²) in [6.07, 6.45) is 1.69. The first-order valence-electron chi connectivity index (χ1n) is 7.55. The number of aryl methyl sites for hydroxylation is 1. The van der Waals surface area contributed by atoms with E-state index in [1.807, 2.05) is 24.3 Å². The number of rotatable bonds is 6. The molecule has 0 bridgehead atoms. The number of aromatic nitrogens is 3. The Morgan fingerprint density at radius 2 is 1.88 bits per heavy atom. The Morgan fingerprint density at radius 1 is 1.16 bits per heavy atom. The van der Waals surface area contributed by atoms with Crippen LogP contribution in [-0.4, -0.2) is 21.1 Å². The highest BCUT2D eigenvalue weighted by molar-refractivity contribution is 9.10. The Bertz CT molecular complexity index is 858. The number of nitrogens with one attached hydrogen (secondary N) is 1. The van der Waals surface area contributed by atoms with Crippen LogP contribution in [0.2, 0.25) is 0 Å². The number of halogens is 1. The molecule has 0 atom stereocenters. The number of anilines is 1. The van der Waals surface area contributed by atoms with Crippen molar-refractivity contribution in [3.05, 3.63) is 69.7 Å². The molecule has 0 unspecified atom stereocenters. The maximum absolute atomic E-state index is 6.02. The van der Waals surface area contributed by atoms with Crippen molar-refractivity contribution >= 4 is 39.9 Å². The van der Waals surface area contributed by atoms with Gasteiger partial charge in [0.15, 0.2) is 0 Å². The van der Waals surface area contributed by atoms with E-state index in [0.717, 1.165) is 15.8 Å². The van der Waals surface area contributed by atoms with Crippen molar-refractivity contribution in [3.63, 3.8) is 0 Å². The second-order valence-electron chi connectivity index (χ2n) is 5.37. The van der Waals surface area contributed by atoms with Gasteiger partial charge in [-0.05, 0) is 30.2 Å². The number of thioether (sulfide) groups is 1. The highest BCUT2D eigenvalue weighted by atomic mass is 79.9. The van der Waals surface area contributed by atoms with Crippen LogP contribution in [0.5, 0.6) is 0 Å². The third-order valence-electron chi connectivity index (χ3n) is 3.40. The van der Waals surface area contributed by atoms with E-state index in [9.17, 15) is 0 Å². The van der Waals surface area contributed by atoms with Crippen molar-refractivity contribution in [2.24, 2.45) is 5.10 Å². The molecule has 0 aliphatic carbocycles. The van der Waals surface area contributed by atoms with Gasteiger partial charge in [-0.1, -0.05) is 69.7 Å². The van der Waals surface area contributed by atoms with Crippen molar-refractivity contribution in [3.8, 4) is 0 Å². The lowest BCUT2D eigenvalue weighted by atomic mass is 10.2. The van der Waals surface area contributed by atoms with Crippen LogP contribution in [-0.2, 0) is 5.75 Å². The molecule has 0 radical (unpaired) electrons. The van der Waals surface area contributed by atoms with Gasteiger partial charge in [-0.2, -0.15) is 5.10 Å². The van der Waals surface area contributed by atoms with Gasteiger partial charge in [0.05, 0.1) is 6.21 Å². The van der Waals surface area contributed by atoms with Crippen LogP contribution in [0.25, 0.3) is 0 Å². The molecular formula is C17H17BrN6S. The van der Waals surface area contributed by atoms with Crippen LogP contribution >= 0.6 is 27.7 Å². The molecule has 0 spiro atoms. The van der Waals surface area contributed by atoms with Gasteiger partial charge in [0.1, 0.15) is 0 Å². The fraction of sp³-hybridized carbons (Fsp3) is 0.118. The normalized spacial score (nSPS) is 11.1. The lowest BCUT2D eigenvalue weighted by molar-refractivity contribution is 0.847. The molecular weight excluding hydrogens is 400 g/mol. The predicted molar refractivity (Wildman–Crippen MR) is 106 cm³/mol. The van der Waals surface area contributed by atoms with E-state index >= 15 is 0 Å². The topological polar surface area (TPSA) is 81.1 Å². The summed E-state index contributed by atoms with van der Waals surface area (Å²) in [5.41, 5.74) is 6.23. The lowest BCUT2D eigenvalue weighted by Crippen LogP contribution is -2.13. The molecule has 8 heteroatoms. The maximum atomic E-state index is 6.02. The fourth-order valence-corrected chi connectivity index (χ4v) is 3.07. The van der Waals surface area contributed by atoms with Gasteiger partial charge in [0, 0.05) is 10.2 Å². The summed E-state index contributed by atoms with van der Waals surface area (Å²) in [7, 11) is 0. The van der Waals surface area contributed by atoms with Gasteiger partial charge in [-0.15, -0.1) is 10.2 Å². The van der Waals surface area contributed by atoms with Crippen LogP contribution in [0.3, 0.4) is 0 Å². The molecule has 0 saturated carbocycles. The second-order valence-corrected chi connectivity index (χ2v) is 7.23. The van der Waals surface area contributed by atoms with Crippen molar-refractivity contribution in [2.75, 3.05) is 11.3 Å². The molecule has 0 amide bonds. The molecule has 0 fully saturated rings. The van der Waals surface area contributed by atoms with E-state index in [4.69, 9.17) is 5.84 Å². The van der Waals surface area contributed by atoms with E-state index in [2.05, 4.69) is 67.8 Å². The minimum absolute atomic E-state index is 0.389. The molecule has 6 nitrogen and oxygen atoms in total. The summed E-state index contributed by atoms with van der Waals surface area (Å²) in [5.74, 6) is 7.18. The molecule has 128 valence electrons. The van der Waals surface area contributed by atoms with E-state index in [-0.39, 0.29) is 0 Å². The number of hydrazone groups is 1. The van der Waals surface area contributed by atoms with Crippen molar-refractivity contribution in [1.29, 1.82) is 0 Å². The number of hydrogen-bond donors (Lipinski definition) is 2. The second kappa shape index (κ2) is 8.17. The SMILES string of the molecule is Cc1ccc(CSc2nnc(N/N=C/c3ccc(Br)cc3)n2N)cc1. The van der Waals surface area contributed by atoms with E-state index in [1.54, 1.807) is 6.21 Å². The highest BCUT2D eigenvalue weighted by Crippen LogP contribution is 2.21. The Balaban J connectivity index is 1.58. The first-order chi connectivity index (χ1) is 12.1.